The van der Waals surface area contributed by atoms with Crippen LogP contribution in [0.5, 0.6) is 0 Å². The van der Waals surface area contributed by atoms with Gasteiger partial charge in [0.15, 0.2) is 0 Å². The number of para-hydroxylation sites is 2. The second kappa shape index (κ2) is 6.46. The first-order chi connectivity index (χ1) is 14.1. The van der Waals surface area contributed by atoms with E-state index in [0.717, 1.165) is 16.6 Å². The molecule has 0 bridgehead atoms. The molecule has 29 heavy (non-hydrogen) atoms. The fraction of sp³-hybridized carbons (Fsp3) is 0. The van der Waals surface area contributed by atoms with Gasteiger partial charge in [0.2, 0.25) is 0 Å². The lowest BCUT2D eigenvalue weighted by Gasteiger charge is -2.10. The van der Waals surface area contributed by atoms with E-state index >= 15 is 0 Å². The van der Waals surface area contributed by atoms with Crippen molar-refractivity contribution >= 4 is 44.2 Å². The molecule has 1 aliphatic rings. The van der Waals surface area contributed by atoms with Crippen molar-refractivity contribution in [2.45, 2.75) is 4.90 Å². The van der Waals surface area contributed by atoms with Crippen LogP contribution in [0.1, 0.15) is 11.3 Å². The molecule has 0 saturated heterocycles. The minimum atomic E-state index is -3.85. The molecule has 142 valence electrons. The third-order valence-electron chi connectivity index (χ3n) is 4.98. The van der Waals surface area contributed by atoms with Crippen LogP contribution < -0.4 is 5.32 Å². The van der Waals surface area contributed by atoms with E-state index in [0.29, 0.717) is 16.8 Å². The predicted octanol–water partition coefficient (Wildman–Crippen LogP) is 4.37. The predicted molar refractivity (Wildman–Crippen MR) is 114 cm³/mol. The molecule has 0 aliphatic carbocycles. The van der Waals surface area contributed by atoms with Gasteiger partial charge in [0.25, 0.3) is 15.9 Å². The van der Waals surface area contributed by atoms with E-state index in [4.69, 9.17) is 0 Å². The number of benzene rings is 3. The van der Waals surface area contributed by atoms with E-state index in [1.54, 1.807) is 54.6 Å². The normalized spacial score (nSPS) is 14.9. The summed E-state index contributed by atoms with van der Waals surface area (Å²) in [5.41, 5.74) is 2.91. The molecule has 5 rings (SSSR count). The molecule has 2 heterocycles. The van der Waals surface area contributed by atoms with Crippen LogP contribution in [0.15, 0.2) is 89.8 Å². The van der Waals surface area contributed by atoms with Crippen molar-refractivity contribution in [2.75, 3.05) is 5.32 Å². The van der Waals surface area contributed by atoms with Gasteiger partial charge in [-0.2, -0.15) is 0 Å². The standard InChI is InChI=1S/C23H16N2O3S/c26-23-20(19-11-5-6-12-21(19)24-23)15-17-14-16-8-4-7-13-22(16)25(17)29(27,28)18-9-2-1-3-10-18/h1-15H,(H,24,26)/b20-15-. The number of anilines is 1. The molecule has 0 unspecified atom stereocenters. The smallest absolute Gasteiger partial charge is 0.268 e. The summed E-state index contributed by atoms with van der Waals surface area (Å²) in [6.45, 7) is 0. The number of carbonyl (C=O) groups excluding carboxylic acids is 1. The maximum atomic E-state index is 13.5. The van der Waals surface area contributed by atoms with Crippen molar-refractivity contribution in [1.82, 2.24) is 3.97 Å². The number of rotatable bonds is 3. The highest BCUT2D eigenvalue weighted by molar-refractivity contribution is 7.90. The lowest BCUT2D eigenvalue weighted by Crippen LogP contribution is -2.14. The van der Waals surface area contributed by atoms with Crippen LogP contribution in [0, 0.1) is 0 Å². The van der Waals surface area contributed by atoms with Crippen molar-refractivity contribution in [3.8, 4) is 0 Å². The molecule has 1 N–H and O–H groups in total. The van der Waals surface area contributed by atoms with Gasteiger partial charge in [-0.3, -0.25) is 4.79 Å². The van der Waals surface area contributed by atoms with E-state index in [2.05, 4.69) is 5.32 Å². The average Bonchev–Trinajstić information content (AvgIpc) is 3.26. The molecule has 6 heteroatoms. The van der Waals surface area contributed by atoms with E-state index in [-0.39, 0.29) is 10.8 Å². The van der Waals surface area contributed by atoms with Gasteiger partial charge in [-0.25, -0.2) is 12.4 Å². The molecule has 3 aromatic carbocycles. The monoisotopic (exact) mass is 400 g/mol. The van der Waals surface area contributed by atoms with Crippen molar-refractivity contribution < 1.29 is 13.2 Å². The molecule has 1 aromatic heterocycles. The number of carbonyl (C=O) groups is 1. The molecule has 0 atom stereocenters. The number of nitrogens with zero attached hydrogens (tertiary/aromatic N) is 1. The Morgan fingerprint density at radius 3 is 2.34 bits per heavy atom. The summed E-state index contributed by atoms with van der Waals surface area (Å²) < 4.78 is 28.2. The molecule has 1 aliphatic heterocycles. The lowest BCUT2D eigenvalue weighted by atomic mass is 10.1. The van der Waals surface area contributed by atoms with E-state index in [1.165, 1.54) is 3.97 Å². The Balaban J connectivity index is 1.79. The largest absolute Gasteiger partial charge is 0.321 e. The minimum absolute atomic E-state index is 0.192. The third-order valence-corrected chi connectivity index (χ3v) is 6.73. The summed E-state index contributed by atoms with van der Waals surface area (Å²) in [5, 5.41) is 3.61. The van der Waals surface area contributed by atoms with Crippen molar-refractivity contribution in [1.29, 1.82) is 0 Å². The highest BCUT2D eigenvalue weighted by Crippen LogP contribution is 2.34. The first-order valence-electron chi connectivity index (χ1n) is 9.09. The summed E-state index contributed by atoms with van der Waals surface area (Å²) in [6, 6.07) is 24.7. The SMILES string of the molecule is O=C1Nc2ccccc2/C1=C/c1cc2ccccc2n1S(=O)(=O)c1ccccc1. The molecule has 0 spiro atoms. The number of amides is 1. The Kier molecular flexibility index (Phi) is 3.89. The van der Waals surface area contributed by atoms with Crippen LogP contribution in [-0.2, 0) is 14.8 Å². The van der Waals surface area contributed by atoms with Gasteiger partial charge in [0, 0.05) is 16.6 Å². The fourth-order valence-electron chi connectivity index (χ4n) is 3.65. The van der Waals surface area contributed by atoms with Crippen LogP contribution in [0.25, 0.3) is 22.6 Å². The van der Waals surface area contributed by atoms with Gasteiger partial charge in [-0.15, -0.1) is 0 Å². The van der Waals surface area contributed by atoms with Gasteiger partial charge >= 0.3 is 0 Å². The first-order valence-corrected chi connectivity index (χ1v) is 10.5. The first kappa shape index (κ1) is 17.5. The van der Waals surface area contributed by atoms with Crippen molar-refractivity contribution in [2.24, 2.45) is 0 Å². The number of nitrogens with one attached hydrogen (secondary N) is 1. The van der Waals surface area contributed by atoms with E-state index < -0.39 is 10.0 Å². The van der Waals surface area contributed by atoms with E-state index in [1.807, 2.05) is 36.4 Å². The zero-order chi connectivity index (χ0) is 20.0. The third kappa shape index (κ3) is 2.77. The Bertz CT molecular complexity index is 1400. The maximum absolute atomic E-state index is 13.5. The molecule has 5 nitrogen and oxygen atoms in total. The molecule has 0 radical (unpaired) electrons. The zero-order valence-electron chi connectivity index (χ0n) is 15.2. The molecule has 4 aromatic rings. The second-order valence-corrected chi connectivity index (χ2v) is 8.55. The summed E-state index contributed by atoms with van der Waals surface area (Å²) in [7, 11) is -3.85. The second-order valence-electron chi connectivity index (χ2n) is 6.77. The average molecular weight is 400 g/mol. The quantitative estimate of drug-likeness (QED) is 0.519. The van der Waals surface area contributed by atoms with Crippen LogP contribution in [0.3, 0.4) is 0 Å². The Labute approximate surface area is 168 Å². The highest BCUT2D eigenvalue weighted by Gasteiger charge is 2.26. The highest BCUT2D eigenvalue weighted by atomic mass is 32.2. The van der Waals surface area contributed by atoms with E-state index in [9.17, 15) is 13.2 Å². The fourth-order valence-corrected chi connectivity index (χ4v) is 5.17. The van der Waals surface area contributed by atoms with Crippen LogP contribution >= 0.6 is 0 Å². The number of hydrogen-bond acceptors (Lipinski definition) is 3. The van der Waals surface area contributed by atoms with Gasteiger partial charge in [0.1, 0.15) is 0 Å². The Morgan fingerprint density at radius 2 is 1.52 bits per heavy atom. The minimum Gasteiger partial charge on any atom is -0.321 e. The Hall–Kier alpha value is -3.64. The summed E-state index contributed by atoms with van der Waals surface area (Å²) >= 11 is 0. The van der Waals surface area contributed by atoms with Gasteiger partial charge in [0.05, 0.1) is 21.7 Å². The number of aromatic nitrogens is 1. The summed E-state index contributed by atoms with van der Waals surface area (Å²) in [6.07, 6.45) is 1.64. The van der Waals surface area contributed by atoms with Crippen molar-refractivity contribution in [3.63, 3.8) is 0 Å². The van der Waals surface area contributed by atoms with Gasteiger partial charge < -0.3 is 5.32 Å². The molecule has 0 fully saturated rings. The van der Waals surface area contributed by atoms with Crippen LogP contribution in [0.2, 0.25) is 0 Å². The molecule has 1 amide bonds. The molecule has 0 saturated carbocycles. The maximum Gasteiger partial charge on any atom is 0.268 e. The number of hydrogen-bond donors (Lipinski definition) is 1. The lowest BCUT2D eigenvalue weighted by molar-refractivity contribution is -0.110. The summed E-state index contributed by atoms with van der Waals surface area (Å²) in [5.74, 6) is -0.250. The molecular weight excluding hydrogens is 384 g/mol. The van der Waals surface area contributed by atoms with Crippen molar-refractivity contribution in [3.05, 3.63) is 96.2 Å². The topological polar surface area (TPSA) is 68.2 Å². The summed E-state index contributed by atoms with van der Waals surface area (Å²) in [4.78, 5) is 12.7. The van der Waals surface area contributed by atoms with Gasteiger partial charge in [-0.1, -0.05) is 54.6 Å². The van der Waals surface area contributed by atoms with Crippen LogP contribution in [0.4, 0.5) is 5.69 Å². The zero-order valence-corrected chi connectivity index (χ0v) is 16.1. The number of fused-ring (bicyclic) bond motifs is 2. The van der Waals surface area contributed by atoms with Gasteiger partial charge in [-0.05, 0) is 36.4 Å². The van der Waals surface area contributed by atoms with Crippen LogP contribution in [-0.4, -0.2) is 18.3 Å². The Morgan fingerprint density at radius 1 is 0.828 bits per heavy atom. The molecular formula is C23H16N2O3S.